The van der Waals surface area contributed by atoms with E-state index >= 15 is 0 Å². The fraction of sp³-hybridized carbons (Fsp3) is 0.650. The average molecular weight is 302 g/mol. The van der Waals surface area contributed by atoms with Crippen LogP contribution in [0.2, 0.25) is 0 Å². The molecule has 2 aliphatic rings. The summed E-state index contributed by atoms with van der Waals surface area (Å²) in [6.45, 7) is 10.8. The minimum atomic E-state index is -0.423. The summed E-state index contributed by atoms with van der Waals surface area (Å²) in [4.78, 5) is 11.3. The first-order valence-electron chi connectivity index (χ1n) is 8.58. The first-order valence-corrected chi connectivity index (χ1v) is 8.58. The lowest BCUT2D eigenvalue weighted by Crippen LogP contribution is -2.33. The molecule has 2 rings (SSSR count). The zero-order chi connectivity index (χ0) is 16.3. The van der Waals surface area contributed by atoms with Crippen molar-refractivity contribution in [3.63, 3.8) is 0 Å². The summed E-state index contributed by atoms with van der Waals surface area (Å²) in [6.07, 6.45) is 9.80. The fourth-order valence-corrected chi connectivity index (χ4v) is 4.05. The second-order valence-corrected chi connectivity index (χ2v) is 7.46. The van der Waals surface area contributed by atoms with Crippen LogP contribution < -0.4 is 0 Å². The normalized spacial score (nSPS) is 32.7. The summed E-state index contributed by atoms with van der Waals surface area (Å²) < 4.78 is 0. The molecule has 1 saturated carbocycles. The van der Waals surface area contributed by atoms with Crippen molar-refractivity contribution in [2.45, 2.75) is 59.0 Å². The smallest absolute Gasteiger partial charge is 0.146 e. The summed E-state index contributed by atoms with van der Waals surface area (Å²) >= 11 is 0. The molecule has 5 atom stereocenters. The average Bonchev–Trinajstić information content (AvgIpc) is 2.54. The van der Waals surface area contributed by atoms with Gasteiger partial charge in [-0.2, -0.15) is 0 Å². The topological polar surface area (TPSA) is 37.3 Å². The number of hydrogen-bond donors (Lipinski definition) is 1. The molecule has 0 saturated heterocycles. The van der Waals surface area contributed by atoms with E-state index in [0.29, 0.717) is 11.8 Å². The van der Waals surface area contributed by atoms with Gasteiger partial charge in [-0.15, -0.1) is 0 Å². The molecule has 1 fully saturated rings. The van der Waals surface area contributed by atoms with Crippen LogP contribution in [0, 0.1) is 23.7 Å². The Labute approximate surface area is 135 Å². The van der Waals surface area contributed by atoms with Gasteiger partial charge in [0.15, 0.2) is 0 Å². The number of carbonyl (C=O) groups excluding carboxylic acids is 1. The Bertz CT molecular complexity index is 482. The van der Waals surface area contributed by atoms with Gasteiger partial charge in [0.2, 0.25) is 0 Å². The van der Waals surface area contributed by atoms with Gasteiger partial charge in [0, 0.05) is 11.8 Å². The van der Waals surface area contributed by atoms with Crippen LogP contribution in [0.5, 0.6) is 0 Å². The van der Waals surface area contributed by atoms with Crippen molar-refractivity contribution in [1.29, 1.82) is 0 Å². The molecule has 0 heterocycles. The first-order chi connectivity index (χ1) is 10.4. The SMILES string of the molecule is C=C1CC(C(C)CCC=C(C)C)CC2C(C=O)=CCC1C2O. The number of rotatable bonds is 5. The third kappa shape index (κ3) is 3.78. The molecule has 2 nitrogen and oxygen atoms in total. The summed E-state index contributed by atoms with van der Waals surface area (Å²) in [6, 6.07) is 0. The lowest BCUT2D eigenvalue weighted by Gasteiger charge is -2.32. The van der Waals surface area contributed by atoms with E-state index in [9.17, 15) is 9.90 Å². The van der Waals surface area contributed by atoms with Gasteiger partial charge in [-0.3, -0.25) is 4.79 Å². The van der Waals surface area contributed by atoms with Gasteiger partial charge < -0.3 is 5.11 Å². The zero-order valence-corrected chi connectivity index (χ0v) is 14.2. The first kappa shape index (κ1) is 17.2. The molecule has 22 heavy (non-hydrogen) atoms. The van der Waals surface area contributed by atoms with Crippen LogP contribution >= 0.6 is 0 Å². The van der Waals surface area contributed by atoms with Crippen LogP contribution in [-0.4, -0.2) is 17.5 Å². The highest BCUT2D eigenvalue weighted by molar-refractivity contribution is 5.74. The van der Waals surface area contributed by atoms with Crippen LogP contribution in [0.15, 0.2) is 35.5 Å². The van der Waals surface area contributed by atoms with Crippen LogP contribution in [0.4, 0.5) is 0 Å². The number of aliphatic hydroxyl groups is 1. The molecule has 1 N–H and O–H groups in total. The lowest BCUT2D eigenvalue weighted by molar-refractivity contribution is -0.106. The summed E-state index contributed by atoms with van der Waals surface area (Å²) in [5.74, 6) is 1.26. The zero-order valence-electron chi connectivity index (χ0n) is 14.2. The van der Waals surface area contributed by atoms with E-state index < -0.39 is 6.10 Å². The maximum Gasteiger partial charge on any atom is 0.146 e. The molecule has 2 aliphatic carbocycles. The van der Waals surface area contributed by atoms with Gasteiger partial charge in [-0.25, -0.2) is 0 Å². The van der Waals surface area contributed by atoms with Crippen LogP contribution in [0.1, 0.15) is 52.9 Å². The van der Waals surface area contributed by atoms with E-state index in [1.807, 2.05) is 6.08 Å². The van der Waals surface area contributed by atoms with E-state index in [2.05, 4.69) is 33.4 Å². The van der Waals surface area contributed by atoms with Gasteiger partial charge in [0.25, 0.3) is 0 Å². The molecule has 2 heteroatoms. The Kier molecular flexibility index (Phi) is 5.80. The fourth-order valence-electron chi connectivity index (χ4n) is 4.05. The largest absolute Gasteiger partial charge is 0.392 e. The summed E-state index contributed by atoms with van der Waals surface area (Å²) in [5, 5.41) is 10.6. The van der Waals surface area contributed by atoms with Crippen molar-refractivity contribution in [2.75, 3.05) is 0 Å². The minimum Gasteiger partial charge on any atom is -0.392 e. The molecular formula is C20H30O2. The second-order valence-electron chi connectivity index (χ2n) is 7.46. The van der Waals surface area contributed by atoms with Crippen molar-refractivity contribution in [3.8, 4) is 0 Å². The van der Waals surface area contributed by atoms with Gasteiger partial charge in [0.05, 0.1) is 6.10 Å². The third-order valence-corrected chi connectivity index (χ3v) is 5.58. The Morgan fingerprint density at radius 2 is 2.18 bits per heavy atom. The predicted molar refractivity (Wildman–Crippen MR) is 91.4 cm³/mol. The van der Waals surface area contributed by atoms with E-state index in [1.165, 1.54) is 11.1 Å². The number of fused-ring (bicyclic) bond motifs is 2. The Hall–Kier alpha value is -1.15. The quantitative estimate of drug-likeness (QED) is 0.601. The van der Waals surface area contributed by atoms with Crippen LogP contribution in [-0.2, 0) is 4.79 Å². The number of aldehydes is 1. The van der Waals surface area contributed by atoms with Crippen LogP contribution in [0.25, 0.3) is 0 Å². The summed E-state index contributed by atoms with van der Waals surface area (Å²) in [5.41, 5.74) is 3.35. The molecule has 0 aromatic rings. The molecule has 122 valence electrons. The van der Waals surface area contributed by atoms with Crippen molar-refractivity contribution in [3.05, 3.63) is 35.5 Å². The van der Waals surface area contributed by atoms with Crippen molar-refractivity contribution in [1.82, 2.24) is 0 Å². The maximum absolute atomic E-state index is 11.3. The number of carbonyl (C=O) groups is 1. The Morgan fingerprint density at radius 1 is 1.45 bits per heavy atom. The molecule has 0 spiro atoms. The van der Waals surface area contributed by atoms with Crippen LogP contribution in [0.3, 0.4) is 0 Å². The van der Waals surface area contributed by atoms with Gasteiger partial charge in [-0.1, -0.05) is 36.8 Å². The highest BCUT2D eigenvalue weighted by Gasteiger charge is 2.40. The van der Waals surface area contributed by atoms with E-state index in [4.69, 9.17) is 0 Å². The number of aliphatic hydroxyl groups excluding tert-OH is 1. The monoisotopic (exact) mass is 302 g/mol. The van der Waals surface area contributed by atoms with E-state index in [0.717, 1.165) is 44.0 Å². The number of hydrogen-bond acceptors (Lipinski definition) is 2. The molecule has 0 radical (unpaired) electrons. The third-order valence-electron chi connectivity index (χ3n) is 5.58. The molecule has 0 amide bonds. The van der Waals surface area contributed by atoms with Crippen molar-refractivity contribution >= 4 is 6.29 Å². The van der Waals surface area contributed by atoms with Gasteiger partial charge >= 0.3 is 0 Å². The highest BCUT2D eigenvalue weighted by Crippen LogP contribution is 2.45. The van der Waals surface area contributed by atoms with Crippen molar-refractivity contribution in [2.24, 2.45) is 23.7 Å². The Balaban J connectivity index is 2.11. The molecular weight excluding hydrogens is 272 g/mol. The molecule has 2 bridgehead atoms. The molecule has 5 unspecified atom stereocenters. The number of allylic oxidation sites excluding steroid dienone is 3. The standard InChI is InChI=1S/C20H30O2/c1-13(2)6-5-7-14(3)17-10-15(4)18-9-8-16(12-21)19(11-17)20(18)22/h6,8,12,14,17-20,22H,4-5,7,9-11H2,1-3H3. The maximum atomic E-state index is 11.3. The lowest BCUT2D eigenvalue weighted by atomic mass is 9.75. The van der Waals surface area contributed by atoms with E-state index in [1.54, 1.807) is 0 Å². The van der Waals surface area contributed by atoms with Gasteiger partial charge in [-0.05, 0) is 63.4 Å². The molecule has 0 aliphatic heterocycles. The highest BCUT2D eigenvalue weighted by atomic mass is 16.3. The summed E-state index contributed by atoms with van der Waals surface area (Å²) in [7, 11) is 0. The van der Waals surface area contributed by atoms with E-state index in [-0.39, 0.29) is 11.8 Å². The molecule has 0 aromatic heterocycles. The predicted octanol–water partition coefficient (Wildman–Crippen LogP) is 4.46. The molecule has 0 aromatic carbocycles. The minimum absolute atomic E-state index is 0.00593. The van der Waals surface area contributed by atoms with Crippen molar-refractivity contribution < 1.29 is 9.90 Å². The Morgan fingerprint density at radius 3 is 2.82 bits per heavy atom. The van der Waals surface area contributed by atoms with Gasteiger partial charge in [0.1, 0.15) is 6.29 Å². The second kappa shape index (κ2) is 7.41.